The van der Waals surface area contributed by atoms with Crippen molar-refractivity contribution in [2.24, 2.45) is 0 Å². The van der Waals surface area contributed by atoms with Crippen LogP contribution in [0.5, 0.6) is 0 Å². The number of hydrogen-bond donors (Lipinski definition) is 0. The molecule has 0 saturated heterocycles. The van der Waals surface area contributed by atoms with Crippen LogP contribution in [0.3, 0.4) is 0 Å². The van der Waals surface area contributed by atoms with E-state index in [0.29, 0.717) is 18.4 Å². The van der Waals surface area contributed by atoms with E-state index in [1.807, 2.05) is 19.9 Å². The molecule has 0 spiro atoms. The van der Waals surface area contributed by atoms with Crippen LogP contribution >= 0.6 is 0 Å². The summed E-state index contributed by atoms with van der Waals surface area (Å²) in [4.78, 5) is 22.3. The first-order valence-electron chi connectivity index (χ1n) is 5.01. The SMILES string of the molecule is COC(=O)/C=C(/CCC=C(C)C)C(=O)OC. The van der Waals surface area contributed by atoms with E-state index in [1.54, 1.807) is 0 Å². The molecule has 4 heteroatoms. The molecule has 0 aromatic rings. The van der Waals surface area contributed by atoms with Gasteiger partial charge in [-0.2, -0.15) is 0 Å². The van der Waals surface area contributed by atoms with Crippen molar-refractivity contribution in [1.82, 2.24) is 0 Å². The van der Waals surface area contributed by atoms with Crippen LogP contribution < -0.4 is 0 Å². The third-order valence-electron chi connectivity index (χ3n) is 1.91. The van der Waals surface area contributed by atoms with Gasteiger partial charge in [-0.15, -0.1) is 0 Å². The first-order chi connectivity index (χ1) is 7.51. The molecule has 16 heavy (non-hydrogen) atoms. The van der Waals surface area contributed by atoms with Crippen molar-refractivity contribution in [2.75, 3.05) is 14.2 Å². The average Bonchev–Trinajstić information content (AvgIpc) is 2.25. The Morgan fingerprint density at radius 2 is 1.75 bits per heavy atom. The van der Waals surface area contributed by atoms with Gasteiger partial charge in [-0.05, 0) is 26.7 Å². The van der Waals surface area contributed by atoms with Gasteiger partial charge in [-0.25, -0.2) is 9.59 Å². The Bertz CT molecular complexity index is 309. The zero-order valence-electron chi connectivity index (χ0n) is 10.2. The summed E-state index contributed by atoms with van der Waals surface area (Å²) in [5.74, 6) is -1.04. The minimum absolute atomic E-state index is 0.326. The Labute approximate surface area is 95.9 Å². The lowest BCUT2D eigenvalue weighted by molar-refractivity contribution is -0.138. The van der Waals surface area contributed by atoms with E-state index in [9.17, 15) is 9.59 Å². The van der Waals surface area contributed by atoms with Crippen LogP contribution in [0.2, 0.25) is 0 Å². The summed E-state index contributed by atoms with van der Waals surface area (Å²) in [6, 6.07) is 0. The Morgan fingerprint density at radius 3 is 2.19 bits per heavy atom. The molecule has 0 saturated carbocycles. The van der Waals surface area contributed by atoms with Gasteiger partial charge in [0.05, 0.1) is 14.2 Å². The van der Waals surface area contributed by atoms with Gasteiger partial charge in [0.1, 0.15) is 0 Å². The maximum Gasteiger partial charge on any atom is 0.333 e. The number of rotatable bonds is 5. The average molecular weight is 226 g/mol. The van der Waals surface area contributed by atoms with E-state index in [-0.39, 0.29) is 0 Å². The van der Waals surface area contributed by atoms with Gasteiger partial charge in [0, 0.05) is 11.6 Å². The molecule has 0 unspecified atom stereocenters. The van der Waals surface area contributed by atoms with Crippen molar-refractivity contribution >= 4 is 11.9 Å². The van der Waals surface area contributed by atoms with Gasteiger partial charge < -0.3 is 9.47 Å². The summed E-state index contributed by atoms with van der Waals surface area (Å²) in [5, 5.41) is 0. The summed E-state index contributed by atoms with van der Waals surface area (Å²) >= 11 is 0. The van der Waals surface area contributed by atoms with Crippen LogP contribution in [0.25, 0.3) is 0 Å². The first kappa shape index (κ1) is 14.4. The summed E-state index contributed by atoms with van der Waals surface area (Å²) in [5.41, 5.74) is 1.49. The van der Waals surface area contributed by atoms with Gasteiger partial charge in [0.25, 0.3) is 0 Å². The molecule has 0 aromatic carbocycles. The van der Waals surface area contributed by atoms with Crippen LogP contribution in [0.4, 0.5) is 0 Å². The molecular weight excluding hydrogens is 208 g/mol. The van der Waals surface area contributed by atoms with E-state index in [0.717, 1.165) is 0 Å². The lowest BCUT2D eigenvalue weighted by atomic mass is 10.1. The molecule has 4 nitrogen and oxygen atoms in total. The maximum atomic E-state index is 11.3. The summed E-state index contributed by atoms with van der Waals surface area (Å²) in [6.45, 7) is 3.95. The number of allylic oxidation sites excluding steroid dienone is 2. The van der Waals surface area contributed by atoms with Gasteiger partial charge in [0.2, 0.25) is 0 Å². The zero-order valence-corrected chi connectivity index (χ0v) is 10.2. The van der Waals surface area contributed by atoms with Gasteiger partial charge in [-0.3, -0.25) is 0 Å². The zero-order chi connectivity index (χ0) is 12.6. The predicted octanol–water partition coefficient (Wildman–Crippen LogP) is 2.01. The number of methoxy groups -OCH3 is 2. The van der Waals surface area contributed by atoms with E-state index < -0.39 is 11.9 Å². The Morgan fingerprint density at radius 1 is 1.12 bits per heavy atom. The van der Waals surface area contributed by atoms with Crippen molar-refractivity contribution < 1.29 is 19.1 Å². The van der Waals surface area contributed by atoms with Gasteiger partial charge >= 0.3 is 11.9 Å². The number of esters is 2. The molecule has 0 atom stereocenters. The summed E-state index contributed by atoms with van der Waals surface area (Å²) < 4.78 is 9.04. The van der Waals surface area contributed by atoms with Crippen LogP contribution in [0, 0.1) is 0 Å². The van der Waals surface area contributed by atoms with Crippen LogP contribution in [0.15, 0.2) is 23.3 Å². The van der Waals surface area contributed by atoms with Crippen molar-refractivity contribution in [2.45, 2.75) is 26.7 Å². The molecule has 0 fully saturated rings. The van der Waals surface area contributed by atoms with Crippen molar-refractivity contribution in [3.8, 4) is 0 Å². The second kappa shape index (κ2) is 7.68. The highest BCUT2D eigenvalue weighted by Gasteiger charge is 2.11. The van der Waals surface area contributed by atoms with E-state index in [1.165, 1.54) is 25.9 Å². The van der Waals surface area contributed by atoms with E-state index >= 15 is 0 Å². The fraction of sp³-hybridized carbons (Fsp3) is 0.500. The van der Waals surface area contributed by atoms with Crippen molar-refractivity contribution in [3.63, 3.8) is 0 Å². The quantitative estimate of drug-likeness (QED) is 0.409. The normalized spacial score (nSPS) is 10.6. The number of carbonyl (C=O) groups is 2. The standard InChI is InChI=1S/C12H18O4/c1-9(2)6-5-7-10(12(14)16-4)8-11(13)15-3/h6,8H,5,7H2,1-4H3/b10-8-. The summed E-state index contributed by atoms with van der Waals surface area (Å²) in [7, 11) is 2.55. The Balaban J connectivity index is 4.57. The molecule has 0 heterocycles. The molecule has 90 valence electrons. The fourth-order valence-electron chi connectivity index (χ4n) is 1.08. The Kier molecular flexibility index (Phi) is 6.92. The first-order valence-corrected chi connectivity index (χ1v) is 5.01. The molecule has 0 amide bonds. The Hall–Kier alpha value is -1.58. The fourth-order valence-corrected chi connectivity index (χ4v) is 1.08. The largest absolute Gasteiger partial charge is 0.466 e. The molecule has 0 aliphatic rings. The van der Waals surface area contributed by atoms with E-state index in [2.05, 4.69) is 9.47 Å². The molecule has 0 radical (unpaired) electrons. The van der Waals surface area contributed by atoms with Crippen LogP contribution in [0.1, 0.15) is 26.7 Å². The number of hydrogen-bond acceptors (Lipinski definition) is 4. The lowest BCUT2D eigenvalue weighted by Gasteiger charge is -2.03. The molecule has 0 N–H and O–H groups in total. The third kappa shape index (κ3) is 6.01. The maximum absolute atomic E-state index is 11.3. The molecule has 0 aliphatic heterocycles. The van der Waals surface area contributed by atoms with E-state index in [4.69, 9.17) is 0 Å². The van der Waals surface area contributed by atoms with Crippen LogP contribution in [-0.4, -0.2) is 26.2 Å². The van der Waals surface area contributed by atoms with Crippen LogP contribution in [-0.2, 0) is 19.1 Å². The van der Waals surface area contributed by atoms with Crippen molar-refractivity contribution in [3.05, 3.63) is 23.3 Å². The molecule has 0 rings (SSSR count). The highest BCUT2D eigenvalue weighted by atomic mass is 16.5. The monoisotopic (exact) mass is 226 g/mol. The molecule has 0 aromatic heterocycles. The topological polar surface area (TPSA) is 52.6 Å². The number of carbonyl (C=O) groups excluding carboxylic acids is 2. The minimum atomic E-state index is -0.544. The minimum Gasteiger partial charge on any atom is -0.466 e. The highest BCUT2D eigenvalue weighted by molar-refractivity contribution is 5.96. The highest BCUT2D eigenvalue weighted by Crippen LogP contribution is 2.09. The number of ether oxygens (including phenoxy) is 2. The molecule has 0 bridgehead atoms. The second-order valence-corrected chi connectivity index (χ2v) is 3.50. The predicted molar refractivity (Wildman–Crippen MR) is 60.8 cm³/mol. The third-order valence-corrected chi connectivity index (χ3v) is 1.91. The molecular formula is C12H18O4. The van der Waals surface area contributed by atoms with Gasteiger partial charge in [0.15, 0.2) is 0 Å². The lowest BCUT2D eigenvalue weighted by Crippen LogP contribution is -2.08. The second-order valence-electron chi connectivity index (χ2n) is 3.50. The molecule has 0 aliphatic carbocycles. The van der Waals surface area contributed by atoms with Crippen molar-refractivity contribution in [1.29, 1.82) is 0 Å². The smallest absolute Gasteiger partial charge is 0.333 e. The van der Waals surface area contributed by atoms with Gasteiger partial charge in [-0.1, -0.05) is 11.6 Å². The summed E-state index contributed by atoms with van der Waals surface area (Å²) in [6.07, 6.45) is 4.33.